The van der Waals surface area contributed by atoms with E-state index >= 15 is 0 Å². The van der Waals surface area contributed by atoms with Crippen LogP contribution in [0.15, 0.2) is 91.0 Å². The highest BCUT2D eigenvalue weighted by atomic mass is 31.2. The number of carbonyl (C=O) groups is 1. The lowest BCUT2D eigenvalue weighted by Crippen LogP contribution is -2.37. The highest BCUT2D eigenvalue weighted by Crippen LogP contribution is 2.50. The molecular weight excluding hydrogens is 489 g/mol. The Labute approximate surface area is 219 Å². The molecule has 37 heavy (non-hydrogen) atoms. The zero-order valence-corrected chi connectivity index (χ0v) is 22.6. The van der Waals surface area contributed by atoms with Crippen LogP contribution in [0, 0.1) is 0 Å². The van der Waals surface area contributed by atoms with E-state index in [9.17, 15) is 9.36 Å². The first-order valence-corrected chi connectivity index (χ1v) is 14.1. The lowest BCUT2D eigenvalue weighted by atomic mass is 10.2. The molecule has 0 aliphatic carbocycles. The number of ether oxygens (including phenoxy) is 1. The maximum absolute atomic E-state index is 13.7. The Balaban J connectivity index is 1.64. The lowest BCUT2D eigenvalue weighted by molar-refractivity contribution is -0.156. The minimum absolute atomic E-state index is 0.112. The van der Waals surface area contributed by atoms with E-state index in [0.29, 0.717) is 6.42 Å². The van der Waals surface area contributed by atoms with Crippen molar-refractivity contribution in [2.75, 3.05) is 12.7 Å². The second-order valence-electron chi connectivity index (χ2n) is 9.55. The van der Waals surface area contributed by atoms with Gasteiger partial charge in [-0.2, -0.15) is 5.06 Å². The SMILES string of the molecule is CC(C)(C)OC(=O)N(CCCP(=O)(OCc1ccccc1)OCc1ccccc1)OCc1ccccc1. The molecule has 0 spiro atoms. The van der Waals surface area contributed by atoms with Gasteiger partial charge in [-0.25, -0.2) is 4.79 Å². The molecule has 0 saturated carbocycles. The van der Waals surface area contributed by atoms with Gasteiger partial charge in [0.25, 0.3) is 0 Å². The van der Waals surface area contributed by atoms with Crippen LogP contribution in [-0.2, 0) is 43.0 Å². The van der Waals surface area contributed by atoms with E-state index in [2.05, 4.69) is 0 Å². The summed E-state index contributed by atoms with van der Waals surface area (Å²) in [6.45, 7) is 6.07. The number of hydrogen-bond donors (Lipinski definition) is 0. The van der Waals surface area contributed by atoms with Gasteiger partial charge in [0, 0.05) is 0 Å². The number of rotatable bonds is 13. The molecule has 0 N–H and O–H groups in total. The van der Waals surface area contributed by atoms with Gasteiger partial charge in [0.15, 0.2) is 0 Å². The molecule has 0 bridgehead atoms. The van der Waals surface area contributed by atoms with Crippen LogP contribution in [0.5, 0.6) is 0 Å². The third-order valence-corrected chi connectivity index (χ3v) is 7.07. The van der Waals surface area contributed by atoms with E-state index in [1.54, 1.807) is 20.8 Å². The zero-order chi connectivity index (χ0) is 26.6. The third kappa shape index (κ3) is 10.9. The Bertz CT molecular complexity index is 1070. The summed E-state index contributed by atoms with van der Waals surface area (Å²) in [7, 11) is -3.49. The number of amides is 1. The summed E-state index contributed by atoms with van der Waals surface area (Å²) in [6, 6.07) is 28.6. The zero-order valence-electron chi connectivity index (χ0n) is 21.7. The van der Waals surface area contributed by atoms with E-state index in [1.807, 2.05) is 91.0 Å². The van der Waals surface area contributed by atoms with Crippen molar-refractivity contribution in [3.63, 3.8) is 0 Å². The smallest absolute Gasteiger partial charge is 0.434 e. The molecule has 0 saturated heterocycles. The van der Waals surface area contributed by atoms with Gasteiger partial charge in [-0.1, -0.05) is 91.0 Å². The van der Waals surface area contributed by atoms with Crippen molar-refractivity contribution in [2.24, 2.45) is 0 Å². The van der Waals surface area contributed by atoms with Crippen LogP contribution in [0.25, 0.3) is 0 Å². The van der Waals surface area contributed by atoms with Crippen molar-refractivity contribution in [1.29, 1.82) is 0 Å². The maximum atomic E-state index is 13.7. The Morgan fingerprint density at radius 1 is 0.730 bits per heavy atom. The molecule has 0 radical (unpaired) electrons. The lowest BCUT2D eigenvalue weighted by Gasteiger charge is -2.27. The largest absolute Gasteiger partial charge is 0.442 e. The molecule has 3 rings (SSSR count). The summed E-state index contributed by atoms with van der Waals surface area (Å²) >= 11 is 0. The Morgan fingerprint density at radius 2 is 1.16 bits per heavy atom. The van der Waals surface area contributed by atoms with Crippen LogP contribution in [0.3, 0.4) is 0 Å². The van der Waals surface area contributed by atoms with E-state index < -0.39 is 19.3 Å². The molecule has 8 heteroatoms. The maximum Gasteiger partial charge on any atom is 0.434 e. The molecule has 0 heterocycles. The molecule has 0 aliphatic heterocycles. The molecule has 7 nitrogen and oxygen atoms in total. The van der Waals surface area contributed by atoms with Crippen molar-refractivity contribution in [1.82, 2.24) is 5.06 Å². The third-order valence-electron chi connectivity index (χ3n) is 5.16. The van der Waals surface area contributed by atoms with E-state index in [-0.39, 0.29) is 32.5 Å². The average Bonchev–Trinajstić information content (AvgIpc) is 2.89. The summed E-state index contributed by atoms with van der Waals surface area (Å²) in [5, 5.41) is 1.18. The molecule has 0 aromatic heterocycles. The predicted octanol–water partition coefficient (Wildman–Crippen LogP) is 7.37. The van der Waals surface area contributed by atoms with Gasteiger partial charge in [0.1, 0.15) is 12.2 Å². The average molecular weight is 526 g/mol. The predicted molar refractivity (Wildman–Crippen MR) is 144 cm³/mol. The minimum Gasteiger partial charge on any atom is -0.442 e. The second kappa shape index (κ2) is 14.1. The van der Waals surface area contributed by atoms with Crippen LogP contribution < -0.4 is 0 Å². The Morgan fingerprint density at radius 3 is 1.59 bits per heavy atom. The van der Waals surface area contributed by atoms with Gasteiger partial charge in [0.2, 0.25) is 0 Å². The number of hydroxylamine groups is 2. The standard InChI is InChI=1S/C29H36NO6P/c1-29(2,3)36-28(31)30(33-22-25-14-7-4-8-15-25)20-13-21-37(32,34-23-26-16-9-5-10-17-26)35-24-27-18-11-6-12-19-27/h4-12,14-19H,13,20-24H2,1-3H3. The van der Waals surface area contributed by atoms with E-state index in [0.717, 1.165) is 16.7 Å². The number of nitrogens with zero attached hydrogens (tertiary/aromatic N) is 1. The number of benzene rings is 3. The van der Waals surface area contributed by atoms with Crippen molar-refractivity contribution < 1.29 is 28.0 Å². The summed E-state index contributed by atoms with van der Waals surface area (Å²) < 4.78 is 30.9. The summed E-state index contributed by atoms with van der Waals surface area (Å²) in [5.41, 5.74) is 2.03. The molecule has 1 amide bonds. The fourth-order valence-corrected chi connectivity index (χ4v) is 4.87. The topological polar surface area (TPSA) is 74.3 Å². The highest BCUT2D eigenvalue weighted by molar-refractivity contribution is 7.53. The van der Waals surface area contributed by atoms with Crippen molar-refractivity contribution in [2.45, 2.75) is 52.6 Å². The molecule has 3 aromatic carbocycles. The number of carbonyl (C=O) groups excluding carboxylic acids is 1. The first kappa shape index (κ1) is 28.6. The fourth-order valence-electron chi connectivity index (χ4n) is 3.32. The fraction of sp³-hybridized carbons (Fsp3) is 0.345. The van der Waals surface area contributed by atoms with Crippen LogP contribution in [0.1, 0.15) is 43.9 Å². The van der Waals surface area contributed by atoms with Gasteiger partial charge >= 0.3 is 13.7 Å². The first-order chi connectivity index (χ1) is 17.7. The van der Waals surface area contributed by atoms with E-state index in [4.69, 9.17) is 18.6 Å². The monoisotopic (exact) mass is 525 g/mol. The number of hydrogen-bond acceptors (Lipinski definition) is 6. The van der Waals surface area contributed by atoms with Crippen LogP contribution in [-0.4, -0.2) is 29.5 Å². The van der Waals surface area contributed by atoms with Gasteiger partial charge < -0.3 is 13.8 Å². The Kier molecular flexibility index (Phi) is 10.9. The quantitative estimate of drug-likeness (QED) is 0.171. The van der Waals surface area contributed by atoms with Crippen molar-refractivity contribution >= 4 is 13.7 Å². The van der Waals surface area contributed by atoms with Gasteiger partial charge in [-0.15, -0.1) is 0 Å². The van der Waals surface area contributed by atoms with Gasteiger partial charge in [-0.05, 0) is 43.9 Å². The summed E-state index contributed by atoms with van der Waals surface area (Å²) in [6.07, 6.45) is -0.163. The Hall–Kier alpha value is -2.96. The van der Waals surface area contributed by atoms with Gasteiger partial charge in [0.05, 0.1) is 25.9 Å². The van der Waals surface area contributed by atoms with Crippen molar-refractivity contribution in [3.05, 3.63) is 108 Å². The first-order valence-electron chi connectivity index (χ1n) is 12.4. The van der Waals surface area contributed by atoms with Gasteiger partial charge in [-0.3, -0.25) is 9.40 Å². The normalized spacial score (nSPS) is 11.8. The van der Waals surface area contributed by atoms with Crippen LogP contribution in [0.4, 0.5) is 4.79 Å². The molecule has 0 aliphatic rings. The molecular formula is C29H36NO6P. The summed E-state index contributed by atoms with van der Waals surface area (Å²) in [4.78, 5) is 18.6. The van der Waals surface area contributed by atoms with E-state index in [1.165, 1.54) is 5.06 Å². The van der Waals surface area contributed by atoms with Crippen LogP contribution in [0.2, 0.25) is 0 Å². The molecule has 0 fully saturated rings. The molecule has 0 atom stereocenters. The highest BCUT2D eigenvalue weighted by Gasteiger charge is 2.28. The second-order valence-corrected chi connectivity index (χ2v) is 11.7. The molecule has 198 valence electrons. The minimum atomic E-state index is -3.49. The van der Waals surface area contributed by atoms with Crippen LogP contribution >= 0.6 is 7.60 Å². The van der Waals surface area contributed by atoms with Crippen molar-refractivity contribution in [3.8, 4) is 0 Å². The summed E-state index contributed by atoms with van der Waals surface area (Å²) in [5.74, 6) is 0. The molecule has 0 unspecified atom stereocenters. The molecule has 3 aromatic rings.